The number of aryl methyl sites for hydroxylation is 2. The van der Waals surface area contributed by atoms with E-state index in [9.17, 15) is 14.7 Å². The Labute approximate surface area is 113 Å². The highest BCUT2D eigenvalue weighted by Gasteiger charge is 2.37. The van der Waals surface area contributed by atoms with Gasteiger partial charge in [-0.1, -0.05) is 19.3 Å². The van der Waals surface area contributed by atoms with Gasteiger partial charge in [0.2, 0.25) is 0 Å². The first-order valence-corrected chi connectivity index (χ1v) is 6.87. The Kier molecular flexibility index (Phi) is 3.78. The second kappa shape index (κ2) is 5.19. The van der Waals surface area contributed by atoms with E-state index in [0.717, 1.165) is 37.1 Å². The van der Waals surface area contributed by atoms with Gasteiger partial charge in [-0.25, -0.2) is 0 Å². The molecule has 0 aromatic carbocycles. The van der Waals surface area contributed by atoms with Gasteiger partial charge >= 0.3 is 5.97 Å². The van der Waals surface area contributed by atoms with Crippen molar-refractivity contribution in [1.82, 2.24) is 4.57 Å². The number of pyridine rings is 1. The minimum Gasteiger partial charge on any atom is -0.481 e. The number of carboxylic acids is 1. The van der Waals surface area contributed by atoms with E-state index >= 15 is 0 Å². The lowest BCUT2D eigenvalue weighted by molar-refractivity contribution is -0.140. The summed E-state index contributed by atoms with van der Waals surface area (Å²) in [5, 5.41) is 9.25. The van der Waals surface area contributed by atoms with Crippen molar-refractivity contribution in [3.63, 3.8) is 0 Å². The largest absolute Gasteiger partial charge is 0.481 e. The average Bonchev–Trinajstić information content (AvgIpc) is 2.27. The summed E-state index contributed by atoms with van der Waals surface area (Å²) in [5.41, 5.74) is 1.38. The molecule has 1 aromatic heterocycles. The Morgan fingerprint density at radius 1 is 1.21 bits per heavy atom. The molecule has 19 heavy (non-hydrogen) atoms. The van der Waals surface area contributed by atoms with Crippen LogP contribution in [-0.4, -0.2) is 15.6 Å². The smallest absolute Gasteiger partial charge is 0.305 e. The third kappa shape index (κ3) is 2.72. The fourth-order valence-electron chi connectivity index (χ4n) is 3.58. The van der Waals surface area contributed by atoms with E-state index in [4.69, 9.17) is 0 Å². The molecule has 0 aliphatic heterocycles. The summed E-state index contributed by atoms with van der Waals surface area (Å²) >= 11 is 0. The number of hydrogen-bond donors (Lipinski definition) is 1. The SMILES string of the molecule is Cc1cc(=O)cc(C)n1C1(CC(=O)O)CCCCC1. The van der Waals surface area contributed by atoms with Crippen LogP contribution in [0.1, 0.15) is 49.9 Å². The molecule has 0 bridgehead atoms. The molecule has 1 aromatic rings. The van der Waals surface area contributed by atoms with Crippen LogP contribution in [0.4, 0.5) is 0 Å². The first-order chi connectivity index (χ1) is 8.94. The predicted molar refractivity (Wildman–Crippen MR) is 73.5 cm³/mol. The van der Waals surface area contributed by atoms with Crippen molar-refractivity contribution in [3.05, 3.63) is 33.7 Å². The summed E-state index contributed by atoms with van der Waals surface area (Å²) in [6.07, 6.45) is 5.17. The molecule has 4 nitrogen and oxygen atoms in total. The molecule has 1 fully saturated rings. The fourth-order valence-corrected chi connectivity index (χ4v) is 3.58. The summed E-state index contributed by atoms with van der Waals surface area (Å²) in [7, 11) is 0. The zero-order valence-corrected chi connectivity index (χ0v) is 11.6. The number of rotatable bonds is 3. The number of nitrogens with zero attached hydrogens (tertiary/aromatic N) is 1. The van der Waals surface area contributed by atoms with E-state index in [-0.39, 0.29) is 17.4 Å². The van der Waals surface area contributed by atoms with Crippen molar-refractivity contribution in [1.29, 1.82) is 0 Å². The van der Waals surface area contributed by atoms with Gasteiger partial charge in [-0.15, -0.1) is 0 Å². The molecule has 4 heteroatoms. The fraction of sp³-hybridized carbons (Fsp3) is 0.600. The normalized spacial score (nSPS) is 18.2. The molecule has 1 aliphatic carbocycles. The van der Waals surface area contributed by atoms with Crippen molar-refractivity contribution in [3.8, 4) is 0 Å². The maximum Gasteiger partial charge on any atom is 0.305 e. The van der Waals surface area contributed by atoms with Crippen LogP contribution in [0.2, 0.25) is 0 Å². The molecule has 0 saturated heterocycles. The monoisotopic (exact) mass is 263 g/mol. The van der Waals surface area contributed by atoms with Gasteiger partial charge < -0.3 is 9.67 Å². The predicted octanol–water partition coefficient (Wildman–Crippen LogP) is 2.60. The minimum absolute atomic E-state index is 0.00691. The molecule has 2 rings (SSSR count). The van der Waals surface area contributed by atoms with Crippen LogP contribution in [0.15, 0.2) is 16.9 Å². The lowest BCUT2D eigenvalue weighted by Crippen LogP contribution is -2.41. The minimum atomic E-state index is -0.764. The quantitative estimate of drug-likeness (QED) is 0.911. The maximum absolute atomic E-state index is 11.5. The van der Waals surface area contributed by atoms with E-state index in [1.54, 1.807) is 12.1 Å². The molecule has 0 spiro atoms. The van der Waals surface area contributed by atoms with Crippen molar-refractivity contribution in [2.75, 3.05) is 0 Å². The van der Waals surface area contributed by atoms with Crippen LogP contribution in [-0.2, 0) is 10.3 Å². The first kappa shape index (κ1) is 13.8. The summed E-state index contributed by atoms with van der Waals surface area (Å²) in [5.74, 6) is -0.764. The molecular weight excluding hydrogens is 242 g/mol. The lowest BCUT2D eigenvalue weighted by Gasteiger charge is -2.41. The molecule has 104 valence electrons. The van der Waals surface area contributed by atoms with Gasteiger partial charge in [-0.2, -0.15) is 0 Å². The van der Waals surface area contributed by atoms with Gasteiger partial charge in [0, 0.05) is 23.5 Å². The third-order valence-electron chi connectivity index (χ3n) is 4.15. The zero-order valence-electron chi connectivity index (χ0n) is 11.6. The van der Waals surface area contributed by atoms with E-state index in [2.05, 4.69) is 4.57 Å². The van der Waals surface area contributed by atoms with Crippen LogP contribution in [0.5, 0.6) is 0 Å². The number of carboxylic acid groups (broad SMARTS) is 1. The lowest BCUT2D eigenvalue weighted by atomic mass is 9.78. The number of aromatic nitrogens is 1. The van der Waals surface area contributed by atoms with Crippen LogP contribution in [0.3, 0.4) is 0 Å². The Bertz CT molecular complexity index is 513. The number of carbonyl (C=O) groups is 1. The van der Waals surface area contributed by atoms with Crippen molar-refractivity contribution >= 4 is 5.97 Å². The Morgan fingerprint density at radius 2 is 1.74 bits per heavy atom. The molecule has 0 unspecified atom stereocenters. The second-order valence-electron chi connectivity index (χ2n) is 5.66. The van der Waals surface area contributed by atoms with Crippen molar-refractivity contribution in [2.45, 2.75) is 57.9 Å². The van der Waals surface area contributed by atoms with Gasteiger partial charge in [0.1, 0.15) is 0 Å². The molecule has 1 heterocycles. The molecular formula is C15H21NO3. The first-order valence-electron chi connectivity index (χ1n) is 6.87. The zero-order chi connectivity index (χ0) is 14.0. The summed E-state index contributed by atoms with van der Waals surface area (Å²) in [6, 6.07) is 3.20. The Morgan fingerprint density at radius 3 is 2.21 bits per heavy atom. The summed E-state index contributed by atoms with van der Waals surface area (Å²) < 4.78 is 2.08. The Balaban J connectivity index is 2.55. The Hall–Kier alpha value is -1.58. The van der Waals surface area contributed by atoms with E-state index in [1.807, 2.05) is 13.8 Å². The maximum atomic E-state index is 11.5. The average molecular weight is 263 g/mol. The highest BCUT2D eigenvalue weighted by Crippen LogP contribution is 2.39. The summed E-state index contributed by atoms with van der Waals surface area (Å²) in [6.45, 7) is 3.79. The topological polar surface area (TPSA) is 59.3 Å². The standard InChI is InChI=1S/C15H21NO3/c1-11-8-13(17)9-12(2)16(11)15(10-14(18)19)6-4-3-5-7-15/h8-9H,3-7,10H2,1-2H3,(H,18,19). The highest BCUT2D eigenvalue weighted by molar-refractivity contribution is 5.68. The molecule has 1 saturated carbocycles. The van der Waals surface area contributed by atoms with Crippen molar-refractivity contribution in [2.24, 2.45) is 0 Å². The van der Waals surface area contributed by atoms with Crippen LogP contribution in [0, 0.1) is 13.8 Å². The van der Waals surface area contributed by atoms with E-state index in [0.29, 0.717) is 0 Å². The molecule has 0 radical (unpaired) electrons. The number of hydrogen-bond acceptors (Lipinski definition) is 2. The van der Waals surface area contributed by atoms with Gasteiger partial charge in [0.05, 0.1) is 12.0 Å². The van der Waals surface area contributed by atoms with Gasteiger partial charge in [-0.05, 0) is 26.7 Å². The van der Waals surface area contributed by atoms with Gasteiger partial charge in [0.25, 0.3) is 0 Å². The van der Waals surface area contributed by atoms with Crippen LogP contribution in [0.25, 0.3) is 0 Å². The molecule has 1 N–H and O–H groups in total. The number of aliphatic carboxylic acids is 1. The molecule has 0 amide bonds. The summed E-state index contributed by atoms with van der Waals surface area (Å²) in [4.78, 5) is 22.8. The van der Waals surface area contributed by atoms with Crippen LogP contribution >= 0.6 is 0 Å². The van der Waals surface area contributed by atoms with Crippen molar-refractivity contribution < 1.29 is 9.90 Å². The highest BCUT2D eigenvalue weighted by atomic mass is 16.4. The third-order valence-corrected chi connectivity index (χ3v) is 4.15. The van der Waals surface area contributed by atoms with E-state index < -0.39 is 5.97 Å². The van der Waals surface area contributed by atoms with Gasteiger partial charge in [-0.3, -0.25) is 9.59 Å². The molecule has 0 atom stereocenters. The van der Waals surface area contributed by atoms with Gasteiger partial charge in [0.15, 0.2) is 5.43 Å². The van der Waals surface area contributed by atoms with Crippen LogP contribution < -0.4 is 5.43 Å². The molecule has 1 aliphatic rings. The van der Waals surface area contributed by atoms with E-state index in [1.165, 1.54) is 6.42 Å². The second-order valence-corrected chi connectivity index (χ2v) is 5.66.